The Morgan fingerprint density at radius 2 is 2.33 bits per heavy atom. The summed E-state index contributed by atoms with van der Waals surface area (Å²) in [4.78, 5) is 0. The minimum Gasteiger partial charge on any atom is -0.380 e. The van der Waals surface area contributed by atoms with Crippen molar-refractivity contribution in [2.24, 2.45) is 5.92 Å². The van der Waals surface area contributed by atoms with Crippen LogP contribution in [0.15, 0.2) is 22.7 Å². The smallest absolute Gasteiger partial charge is 0.137 e. The molecule has 0 aliphatic carbocycles. The van der Waals surface area contributed by atoms with E-state index in [1.165, 1.54) is 6.07 Å². The van der Waals surface area contributed by atoms with E-state index in [0.717, 1.165) is 18.8 Å². The summed E-state index contributed by atoms with van der Waals surface area (Å²) in [5.74, 6) is 0.959. The highest BCUT2D eigenvalue weighted by atomic mass is 79.9. The highest BCUT2D eigenvalue weighted by Crippen LogP contribution is 2.26. The molecule has 2 rings (SSSR count). The number of rotatable bonds is 5. The summed E-state index contributed by atoms with van der Waals surface area (Å²) in [6, 6.07) is 5.06. The second kappa shape index (κ2) is 6.89. The maximum Gasteiger partial charge on any atom is 0.137 e. The molecule has 0 amide bonds. The van der Waals surface area contributed by atoms with Crippen molar-refractivity contribution in [3.05, 3.63) is 34.1 Å². The van der Waals surface area contributed by atoms with Gasteiger partial charge < -0.3 is 9.47 Å². The summed E-state index contributed by atoms with van der Waals surface area (Å²) >= 11 is 4.90. The fourth-order valence-electron chi connectivity index (χ4n) is 1.78. The highest BCUT2D eigenvalue weighted by molar-refractivity contribution is 9.10. The van der Waals surface area contributed by atoms with Crippen molar-refractivity contribution in [3.8, 4) is 0 Å². The molecule has 0 bridgehead atoms. The first kappa shape index (κ1) is 14.3. The standard InChI is InChI=1S/C13H16BrFO2S/c1-9-5-16-7-13(9)18-8-17-6-10-2-3-11(14)12(15)4-10/h2-4,9,13H,5-8H2,1H3. The number of benzene rings is 1. The molecule has 1 heterocycles. The van der Waals surface area contributed by atoms with Gasteiger partial charge in [0.1, 0.15) is 5.82 Å². The largest absolute Gasteiger partial charge is 0.380 e. The van der Waals surface area contributed by atoms with E-state index in [-0.39, 0.29) is 5.82 Å². The van der Waals surface area contributed by atoms with Gasteiger partial charge in [-0.2, -0.15) is 0 Å². The van der Waals surface area contributed by atoms with Crippen LogP contribution in [0.25, 0.3) is 0 Å². The van der Waals surface area contributed by atoms with Crippen molar-refractivity contribution in [3.63, 3.8) is 0 Å². The molecule has 100 valence electrons. The average Bonchev–Trinajstić information content (AvgIpc) is 2.75. The summed E-state index contributed by atoms with van der Waals surface area (Å²) in [6.45, 7) is 4.28. The third-order valence-corrected chi connectivity index (χ3v) is 4.89. The zero-order valence-electron chi connectivity index (χ0n) is 10.2. The van der Waals surface area contributed by atoms with Gasteiger partial charge in [-0.1, -0.05) is 13.0 Å². The van der Waals surface area contributed by atoms with Crippen molar-refractivity contribution in [2.75, 3.05) is 19.2 Å². The van der Waals surface area contributed by atoms with Crippen molar-refractivity contribution < 1.29 is 13.9 Å². The average molecular weight is 335 g/mol. The molecule has 1 aromatic rings. The molecule has 1 fully saturated rings. The topological polar surface area (TPSA) is 18.5 Å². The van der Waals surface area contributed by atoms with Crippen LogP contribution in [-0.4, -0.2) is 24.4 Å². The first-order valence-corrected chi connectivity index (χ1v) is 7.72. The maximum absolute atomic E-state index is 13.3. The van der Waals surface area contributed by atoms with Gasteiger partial charge in [-0.05, 0) is 39.5 Å². The fraction of sp³-hybridized carbons (Fsp3) is 0.538. The molecule has 0 radical (unpaired) electrons. The SMILES string of the molecule is CC1COCC1SCOCc1ccc(Br)c(F)c1. The molecule has 0 spiro atoms. The number of ether oxygens (including phenoxy) is 2. The lowest BCUT2D eigenvalue weighted by Crippen LogP contribution is -2.12. The van der Waals surface area contributed by atoms with Crippen molar-refractivity contribution in [1.82, 2.24) is 0 Å². The molecule has 0 N–H and O–H groups in total. The summed E-state index contributed by atoms with van der Waals surface area (Å²) in [5, 5.41) is 0.520. The van der Waals surface area contributed by atoms with E-state index in [4.69, 9.17) is 9.47 Å². The van der Waals surface area contributed by atoms with Gasteiger partial charge in [0.25, 0.3) is 0 Å². The van der Waals surface area contributed by atoms with E-state index < -0.39 is 0 Å². The molecule has 2 atom stereocenters. The van der Waals surface area contributed by atoms with Crippen LogP contribution >= 0.6 is 27.7 Å². The van der Waals surface area contributed by atoms with Gasteiger partial charge in [-0.15, -0.1) is 11.8 Å². The Labute approximate surface area is 119 Å². The zero-order chi connectivity index (χ0) is 13.0. The normalized spacial score (nSPS) is 23.5. The molecule has 5 heteroatoms. The molecule has 1 aliphatic heterocycles. The molecule has 18 heavy (non-hydrogen) atoms. The van der Waals surface area contributed by atoms with Gasteiger partial charge >= 0.3 is 0 Å². The van der Waals surface area contributed by atoms with E-state index in [2.05, 4.69) is 22.9 Å². The third kappa shape index (κ3) is 3.95. The second-order valence-corrected chi connectivity index (χ2v) is 6.46. The minimum atomic E-state index is -0.249. The van der Waals surface area contributed by atoms with Gasteiger partial charge in [-0.25, -0.2) is 4.39 Å². The van der Waals surface area contributed by atoms with Crippen molar-refractivity contribution in [1.29, 1.82) is 0 Å². The number of hydrogen-bond donors (Lipinski definition) is 0. The van der Waals surface area contributed by atoms with Gasteiger partial charge in [-0.3, -0.25) is 0 Å². The Hall–Kier alpha value is -0.100. The lowest BCUT2D eigenvalue weighted by molar-refractivity contribution is 0.168. The van der Waals surface area contributed by atoms with Gasteiger partial charge in [0.2, 0.25) is 0 Å². The summed E-state index contributed by atoms with van der Waals surface area (Å²) in [6.07, 6.45) is 0. The van der Waals surface area contributed by atoms with Crippen LogP contribution in [0.3, 0.4) is 0 Å². The van der Waals surface area contributed by atoms with Crippen molar-refractivity contribution in [2.45, 2.75) is 18.8 Å². The molecule has 1 saturated heterocycles. The fourth-order valence-corrected chi connectivity index (χ4v) is 2.98. The van der Waals surface area contributed by atoms with Crippen LogP contribution in [0.5, 0.6) is 0 Å². The summed E-state index contributed by atoms with van der Waals surface area (Å²) < 4.78 is 24.7. The quantitative estimate of drug-likeness (QED) is 0.602. The lowest BCUT2D eigenvalue weighted by atomic mass is 10.2. The van der Waals surface area contributed by atoms with Crippen molar-refractivity contribution >= 4 is 27.7 Å². The molecule has 1 aromatic carbocycles. The lowest BCUT2D eigenvalue weighted by Gasteiger charge is -2.12. The maximum atomic E-state index is 13.3. The Morgan fingerprint density at radius 1 is 1.50 bits per heavy atom. The van der Waals surface area contributed by atoms with E-state index in [0.29, 0.717) is 28.2 Å². The molecule has 0 saturated carbocycles. The number of thioether (sulfide) groups is 1. The number of hydrogen-bond acceptors (Lipinski definition) is 3. The molecule has 1 aliphatic rings. The Kier molecular flexibility index (Phi) is 5.48. The summed E-state index contributed by atoms with van der Waals surface area (Å²) in [5.41, 5.74) is 0.854. The van der Waals surface area contributed by atoms with Gasteiger partial charge in [0.15, 0.2) is 0 Å². The monoisotopic (exact) mass is 334 g/mol. The molecule has 2 unspecified atom stereocenters. The Morgan fingerprint density at radius 3 is 3.00 bits per heavy atom. The Bertz CT molecular complexity index is 403. The zero-order valence-corrected chi connectivity index (χ0v) is 12.6. The third-order valence-electron chi connectivity index (χ3n) is 2.92. The van der Waals surface area contributed by atoms with Crippen LogP contribution < -0.4 is 0 Å². The number of halogens is 2. The van der Waals surface area contributed by atoms with Gasteiger partial charge in [0.05, 0.1) is 30.2 Å². The predicted octanol–water partition coefficient (Wildman–Crippen LogP) is 3.83. The van der Waals surface area contributed by atoms with Crippen LogP contribution in [0.4, 0.5) is 4.39 Å². The van der Waals surface area contributed by atoms with Crippen LogP contribution in [0.1, 0.15) is 12.5 Å². The molecular weight excluding hydrogens is 319 g/mol. The van der Waals surface area contributed by atoms with Gasteiger partial charge in [0, 0.05) is 5.25 Å². The van der Waals surface area contributed by atoms with E-state index >= 15 is 0 Å². The molecular formula is C13H16BrFO2S. The Balaban J connectivity index is 1.70. The first-order valence-electron chi connectivity index (χ1n) is 5.88. The van der Waals surface area contributed by atoms with E-state index in [1.54, 1.807) is 17.8 Å². The predicted molar refractivity (Wildman–Crippen MR) is 75.1 cm³/mol. The second-order valence-electron chi connectivity index (χ2n) is 4.43. The molecule has 0 aromatic heterocycles. The van der Waals surface area contributed by atoms with Crippen LogP contribution in [0.2, 0.25) is 0 Å². The first-order chi connectivity index (χ1) is 8.66. The van der Waals surface area contributed by atoms with E-state index in [9.17, 15) is 4.39 Å². The van der Waals surface area contributed by atoms with Crippen LogP contribution in [-0.2, 0) is 16.1 Å². The molecule has 2 nitrogen and oxygen atoms in total. The van der Waals surface area contributed by atoms with Crippen LogP contribution in [0, 0.1) is 11.7 Å². The summed E-state index contributed by atoms with van der Waals surface area (Å²) in [7, 11) is 0. The van der Waals surface area contributed by atoms with E-state index in [1.807, 2.05) is 6.07 Å². The minimum absolute atomic E-state index is 0.249. The highest BCUT2D eigenvalue weighted by Gasteiger charge is 2.24.